The number of nitrogens with one attached hydrogen (secondary N) is 1. The Hall–Kier alpha value is -1.35. The van der Waals surface area contributed by atoms with E-state index in [1.165, 1.54) is 5.56 Å². The van der Waals surface area contributed by atoms with Gasteiger partial charge in [0, 0.05) is 19.3 Å². The first kappa shape index (κ1) is 14.1. The lowest BCUT2D eigenvalue weighted by Crippen LogP contribution is -2.43. The molecule has 1 heterocycles. The number of amides is 1. The molecule has 2 rings (SSSR count). The lowest BCUT2D eigenvalue weighted by molar-refractivity contribution is -0.127. The zero-order valence-electron chi connectivity index (χ0n) is 12.4. The molecule has 0 radical (unpaired) electrons. The van der Waals surface area contributed by atoms with Crippen LogP contribution in [0.3, 0.4) is 0 Å². The maximum Gasteiger partial charge on any atom is 0.234 e. The Morgan fingerprint density at radius 2 is 2.16 bits per heavy atom. The number of anilines is 1. The molecule has 0 aliphatic carbocycles. The van der Waals surface area contributed by atoms with Crippen molar-refractivity contribution in [2.75, 3.05) is 25.0 Å². The first-order chi connectivity index (χ1) is 9.00. The fourth-order valence-corrected chi connectivity index (χ4v) is 3.03. The molecule has 0 bridgehead atoms. The van der Waals surface area contributed by atoms with Crippen LogP contribution in [0.4, 0.5) is 5.69 Å². The average molecular weight is 260 g/mol. The maximum absolute atomic E-state index is 12.8. The summed E-state index contributed by atoms with van der Waals surface area (Å²) >= 11 is 0. The fourth-order valence-electron chi connectivity index (χ4n) is 3.03. The summed E-state index contributed by atoms with van der Waals surface area (Å²) in [6.07, 6.45) is 1.84. The summed E-state index contributed by atoms with van der Waals surface area (Å²) in [5, 5.41) is 3.33. The summed E-state index contributed by atoms with van der Waals surface area (Å²) in [4.78, 5) is 14.7. The number of hydrogen-bond donors (Lipinski definition) is 1. The van der Waals surface area contributed by atoms with Crippen LogP contribution in [0.1, 0.15) is 30.9 Å². The van der Waals surface area contributed by atoms with Gasteiger partial charge in [0.15, 0.2) is 0 Å². The van der Waals surface area contributed by atoms with Crippen molar-refractivity contribution in [3.8, 4) is 0 Å². The summed E-state index contributed by atoms with van der Waals surface area (Å²) in [6, 6.07) is 6.25. The molecule has 1 aromatic rings. The SMILES string of the molecule is CCC1(C(=O)N(C)c2ccc(C)cc2C)CCNC1. The predicted octanol–water partition coefficient (Wildman–Crippen LogP) is 2.66. The van der Waals surface area contributed by atoms with Crippen molar-refractivity contribution in [1.29, 1.82) is 0 Å². The molecule has 104 valence electrons. The smallest absolute Gasteiger partial charge is 0.234 e. The van der Waals surface area contributed by atoms with E-state index in [1.807, 2.05) is 18.0 Å². The van der Waals surface area contributed by atoms with Gasteiger partial charge >= 0.3 is 0 Å². The lowest BCUT2D eigenvalue weighted by Gasteiger charge is -2.31. The Morgan fingerprint density at radius 3 is 2.68 bits per heavy atom. The van der Waals surface area contributed by atoms with E-state index in [0.29, 0.717) is 0 Å². The number of rotatable bonds is 3. The molecule has 3 heteroatoms. The van der Waals surface area contributed by atoms with Gasteiger partial charge in [-0.05, 0) is 44.9 Å². The van der Waals surface area contributed by atoms with Crippen LogP contribution < -0.4 is 10.2 Å². The molecular weight excluding hydrogens is 236 g/mol. The van der Waals surface area contributed by atoms with Gasteiger partial charge < -0.3 is 10.2 Å². The Morgan fingerprint density at radius 1 is 1.42 bits per heavy atom. The Bertz CT molecular complexity index is 476. The van der Waals surface area contributed by atoms with Crippen molar-refractivity contribution in [2.24, 2.45) is 5.41 Å². The fraction of sp³-hybridized carbons (Fsp3) is 0.562. The molecule has 3 nitrogen and oxygen atoms in total. The van der Waals surface area contributed by atoms with Crippen molar-refractivity contribution < 1.29 is 4.79 Å². The van der Waals surface area contributed by atoms with E-state index >= 15 is 0 Å². The van der Waals surface area contributed by atoms with E-state index in [1.54, 1.807) is 0 Å². The van der Waals surface area contributed by atoms with Gasteiger partial charge in [-0.3, -0.25) is 4.79 Å². The van der Waals surface area contributed by atoms with Gasteiger partial charge in [0.05, 0.1) is 5.41 Å². The molecule has 1 atom stereocenters. The third-order valence-corrected chi connectivity index (χ3v) is 4.39. The van der Waals surface area contributed by atoms with E-state index < -0.39 is 0 Å². The molecule has 1 saturated heterocycles. The first-order valence-corrected chi connectivity index (χ1v) is 7.06. The third-order valence-electron chi connectivity index (χ3n) is 4.39. The Labute approximate surface area is 116 Å². The quantitative estimate of drug-likeness (QED) is 0.906. The standard InChI is InChI=1S/C16H24N2O/c1-5-16(8-9-17-11-16)15(19)18(4)14-7-6-12(2)10-13(14)3/h6-7,10,17H,5,8-9,11H2,1-4H3. The number of carbonyl (C=O) groups excluding carboxylic acids is 1. The average Bonchev–Trinajstić information content (AvgIpc) is 2.87. The molecule has 1 fully saturated rings. The van der Waals surface area contributed by atoms with Gasteiger partial charge in [-0.1, -0.05) is 24.6 Å². The second-order valence-electron chi connectivity index (χ2n) is 5.71. The van der Waals surface area contributed by atoms with E-state index in [0.717, 1.165) is 37.2 Å². The molecule has 1 unspecified atom stereocenters. The van der Waals surface area contributed by atoms with Gasteiger partial charge in [-0.2, -0.15) is 0 Å². The van der Waals surface area contributed by atoms with Crippen molar-refractivity contribution >= 4 is 11.6 Å². The number of nitrogens with zero attached hydrogens (tertiary/aromatic N) is 1. The zero-order chi connectivity index (χ0) is 14.0. The molecule has 19 heavy (non-hydrogen) atoms. The third kappa shape index (κ3) is 2.52. The lowest BCUT2D eigenvalue weighted by atomic mass is 9.82. The van der Waals surface area contributed by atoms with Crippen LogP contribution in [0.2, 0.25) is 0 Å². The summed E-state index contributed by atoms with van der Waals surface area (Å²) in [6.45, 7) is 8.00. The Balaban J connectivity index is 2.28. The topological polar surface area (TPSA) is 32.3 Å². The molecular formula is C16H24N2O. The minimum atomic E-state index is -0.216. The first-order valence-electron chi connectivity index (χ1n) is 7.06. The molecule has 1 aliphatic rings. The molecule has 1 amide bonds. The van der Waals surface area contributed by atoms with Crippen LogP contribution >= 0.6 is 0 Å². The zero-order valence-corrected chi connectivity index (χ0v) is 12.4. The van der Waals surface area contributed by atoms with Crippen molar-refractivity contribution in [3.05, 3.63) is 29.3 Å². The van der Waals surface area contributed by atoms with Crippen LogP contribution in [-0.4, -0.2) is 26.0 Å². The van der Waals surface area contributed by atoms with E-state index in [4.69, 9.17) is 0 Å². The largest absolute Gasteiger partial charge is 0.316 e. The van der Waals surface area contributed by atoms with E-state index in [-0.39, 0.29) is 11.3 Å². The Kier molecular flexibility index (Phi) is 3.95. The van der Waals surface area contributed by atoms with Gasteiger partial charge in [0.2, 0.25) is 5.91 Å². The van der Waals surface area contributed by atoms with Gasteiger partial charge in [0.25, 0.3) is 0 Å². The highest BCUT2D eigenvalue weighted by Gasteiger charge is 2.41. The summed E-state index contributed by atoms with van der Waals surface area (Å²) < 4.78 is 0. The van der Waals surface area contributed by atoms with Gasteiger partial charge in [0.1, 0.15) is 0 Å². The number of carbonyl (C=O) groups is 1. The van der Waals surface area contributed by atoms with Gasteiger partial charge in [-0.15, -0.1) is 0 Å². The van der Waals surface area contributed by atoms with E-state index in [9.17, 15) is 4.79 Å². The normalized spacial score (nSPS) is 22.5. The van der Waals surface area contributed by atoms with Crippen LogP contribution in [0, 0.1) is 19.3 Å². The van der Waals surface area contributed by atoms with Crippen molar-refractivity contribution in [1.82, 2.24) is 5.32 Å². The molecule has 1 aromatic carbocycles. The van der Waals surface area contributed by atoms with Crippen molar-refractivity contribution in [2.45, 2.75) is 33.6 Å². The minimum absolute atomic E-state index is 0.216. The molecule has 0 spiro atoms. The summed E-state index contributed by atoms with van der Waals surface area (Å²) in [5.41, 5.74) is 3.20. The number of hydrogen-bond acceptors (Lipinski definition) is 2. The summed E-state index contributed by atoms with van der Waals surface area (Å²) in [5.74, 6) is 0.243. The minimum Gasteiger partial charge on any atom is -0.316 e. The van der Waals surface area contributed by atoms with E-state index in [2.05, 4.69) is 38.2 Å². The van der Waals surface area contributed by atoms with Crippen LogP contribution in [0.5, 0.6) is 0 Å². The summed E-state index contributed by atoms with van der Waals surface area (Å²) in [7, 11) is 1.90. The number of aryl methyl sites for hydroxylation is 2. The second kappa shape index (κ2) is 5.33. The van der Waals surface area contributed by atoms with Crippen LogP contribution in [-0.2, 0) is 4.79 Å². The van der Waals surface area contributed by atoms with Crippen LogP contribution in [0.25, 0.3) is 0 Å². The number of benzene rings is 1. The monoisotopic (exact) mass is 260 g/mol. The molecule has 0 aromatic heterocycles. The highest BCUT2D eigenvalue weighted by molar-refractivity contribution is 5.98. The highest BCUT2D eigenvalue weighted by Crippen LogP contribution is 2.33. The molecule has 0 saturated carbocycles. The molecule has 1 N–H and O–H groups in total. The van der Waals surface area contributed by atoms with Gasteiger partial charge in [-0.25, -0.2) is 0 Å². The maximum atomic E-state index is 12.8. The molecule has 1 aliphatic heterocycles. The highest BCUT2D eigenvalue weighted by atomic mass is 16.2. The predicted molar refractivity (Wildman–Crippen MR) is 79.5 cm³/mol. The van der Waals surface area contributed by atoms with Crippen LogP contribution in [0.15, 0.2) is 18.2 Å². The second-order valence-corrected chi connectivity index (χ2v) is 5.71. The van der Waals surface area contributed by atoms with Crippen molar-refractivity contribution in [3.63, 3.8) is 0 Å².